The molecule has 2 aromatic carbocycles. The summed E-state index contributed by atoms with van der Waals surface area (Å²) in [5.41, 5.74) is 1.04. The molecule has 27 heavy (non-hydrogen) atoms. The molecule has 0 saturated heterocycles. The number of benzene rings is 2. The molecule has 1 unspecified atom stereocenters. The highest BCUT2D eigenvalue weighted by atomic mass is 16.5. The van der Waals surface area contributed by atoms with Crippen LogP contribution in [-0.2, 0) is 21.4 Å². The van der Waals surface area contributed by atoms with Gasteiger partial charge in [0.1, 0.15) is 5.75 Å². The second-order valence-electron chi connectivity index (χ2n) is 7.12. The molecule has 2 N–H and O–H groups in total. The lowest BCUT2D eigenvalue weighted by molar-refractivity contribution is -0.137. The number of amides is 1. The molecule has 0 fully saturated rings. The third kappa shape index (κ3) is 5.58. The number of para-hydroxylation sites is 1. The second-order valence-corrected chi connectivity index (χ2v) is 7.12. The van der Waals surface area contributed by atoms with Crippen LogP contribution in [0.1, 0.15) is 37.8 Å². The zero-order valence-corrected chi connectivity index (χ0v) is 16.1. The quantitative estimate of drug-likeness (QED) is 0.709. The van der Waals surface area contributed by atoms with E-state index >= 15 is 0 Å². The zero-order chi connectivity index (χ0) is 19.9. The van der Waals surface area contributed by atoms with Crippen molar-refractivity contribution in [2.45, 2.75) is 44.6 Å². The van der Waals surface area contributed by atoms with Crippen LogP contribution in [-0.4, -0.2) is 30.1 Å². The summed E-state index contributed by atoms with van der Waals surface area (Å²) < 4.78 is 5.40. The van der Waals surface area contributed by atoms with Crippen LogP contribution in [0.4, 0.5) is 0 Å². The molecule has 0 aliphatic rings. The van der Waals surface area contributed by atoms with E-state index in [9.17, 15) is 9.59 Å². The van der Waals surface area contributed by atoms with Gasteiger partial charge in [0.2, 0.25) is 5.91 Å². The van der Waals surface area contributed by atoms with Crippen molar-refractivity contribution in [1.29, 1.82) is 0 Å². The maximum atomic E-state index is 13.1. The Morgan fingerprint density at radius 3 is 2.33 bits per heavy atom. The van der Waals surface area contributed by atoms with Crippen LogP contribution >= 0.6 is 0 Å². The summed E-state index contributed by atoms with van der Waals surface area (Å²) >= 11 is 0. The number of rotatable bonds is 9. The Kier molecular flexibility index (Phi) is 6.99. The summed E-state index contributed by atoms with van der Waals surface area (Å²) in [5.74, 6) is -0.368. The summed E-state index contributed by atoms with van der Waals surface area (Å²) in [6, 6.07) is 16.9. The van der Waals surface area contributed by atoms with Crippen molar-refractivity contribution in [2.75, 3.05) is 7.11 Å². The molecular weight excluding hydrogens is 342 g/mol. The molecular formula is C22H27NO4. The largest absolute Gasteiger partial charge is 0.496 e. The molecule has 0 saturated carbocycles. The minimum Gasteiger partial charge on any atom is -0.496 e. The normalized spacial score (nSPS) is 12.3. The zero-order valence-electron chi connectivity index (χ0n) is 16.1. The standard InChI is InChI=1S/C22H27NO4/c1-22(2,18-11-7-8-12-19(18)27-3)21(26)23-17(13-14-20(24)25)15-16-9-5-4-6-10-16/h4-12,17H,13-15H2,1-3H3,(H,23,26)(H,24,25). The van der Waals surface area contributed by atoms with E-state index in [0.717, 1.165) is 11.1 Å². The number of hydrogen-bond acceptors (Lipinski definition) is 3. The van der Waals surface area contributed by atoms with Gasteiger partial charge in [-0.2, -0.15) is 0 Å². The van der Waals surface area contributed by atoms with Crippen LogP contribution < -0.4 is 10.1 Å². The molecule has 0 aliphatic carbocycles. The first kappa shape index (κ1) is 20.5. The molecule has 144 valence electrons. The van der Waals surface area contributed by atoms with E-state index in [-0.39, 0.29) is 18.4 Å². The van der Waals surface area contributed by atoms with Gasteiger partial charge in [-0.3, -0.25) is 9.59 Å². The van der Waals surface area contributed by atoms with Gasteiger partial charge in [0, 0.05) is 18.0 Å². The van der Waals surface area contributed by atoms with Gasteiger partial charge in [-0.25, -0.2) is 0 Å². The van der Waals surface area contributed by atoms with Crippen LogP contribution in [0.3, 0.4) is 0 Å². The van der Waals surface area contributed by atoms with Crippen LogP contribution in [0.15, 0.2) is 54.6 Å². The fourth-order valence-electron chi connectivity index (χ4n) is 3.07. The van der Waals surface area contributed by atoms with E-state index in [4.69, 9.17) is 9.84 Å². The average Bonchev–Trinajstić information content (AvgIpc) is 2.66. The Hall–Kier alpha value is -2.82. The van der Waals surface area contributed by atoms with Gasteiger partial charge in [0.25, 0.3) is 0 Å². The molecule has 0 bridgehead atoms. The van der Waals surface area contributed by atoms with E-state index in [0.29, 0.717) is 18.6 Å². The third-order valence-electron chi connectivity index (χ3n) is 4.71. The fourth-order valence-corrected chi connectivity index (χ4v) is 3.07. The van der Waals surface area contributed by atoms with E-state index in [2.05, 4.69) is 5.32 Å². The number of carbonyl (C=O) groups is 2. The summed E-state index contributed by atoms with van der Waals surface area (Å²) in [6.45, 7) is 3.69. The highest BCUT2D eigenvalue weighted by Gasteiger charge is 2.33. The molecule has 1 atom stereocenters. The number of carboxylic acids is 1. The van der Waals surface area contributed by atoms with Gasteiger partial charge >= 0.3 is 5.97 Å². The molecule has 0 spiro atoms. The SMILES string of the molecule is COc1ccccc1C(C)(C)C(=O)NC(CCC(=O)O)Cc1ccccc1. The number of aliphatic carboxylic acids is 1. The predicted octanol–water partition coefficient (Wildman–Crippen LogP) is 3.57. The molecule has 0 aliphatic heterocycles. The molecule has 2 aromatic rings. The van der Waals surface area contributed by atoms with E-state index < -0.39 is 11.4 Å². The first-order valence-corrected chi connectivity index (χ1v) is 9.04. The molecule has 0 aromatic heterocycles. The number of carboxylic acid groups (broad SMARTS) is 1. The molecule has 5 nitrogen and oxygen atoms in total. The number of hydrogen-bond donors (Lipinski definition) is 2. The van der Waals surface area contributed by atoms with E-state index in [1.165, 1.54) is 0 Å². The fraction of sp³-hybridized carbons (Fsp3) is 0.364. The lowest BCUT2D eigenvalue weighted by Gasteiger charge is -2.29. The van der Waals surface area contributed by atoms with Crippen molar-refractivity contribution in [1.82, 2.24) is 5.32 Å². The number of carbonyl (C=O) groups excluding carboxylic acids is 1. The smallest absolute Gasteiger partial charge is 0.303 e. The monoisotopic (exact) mass is 369 g/mol. The van der Waals surface area contributed by atoms with Crippen LogP contribution in [0, 0.1) is 0 Å². The summed E-state index contributed by atoms with van der Waals surface area (Å²) in [5, 5.41) is 12.1. The first-order valence-electron chi connectivity index (χ1n) is 9.04. The van der Waals surface area contributed by atoms with Gasteiger partial charge < -0.3 is 15.2 Å². The predicted molar refractivity (Wildman–Crippen MR) is 105 cm³/mol. The first-order chi connectivity index (χ1) is 12.8. The second kappa shape index (κ2) is 9.21. The highest BCUT2D eigenvalue weighted by molar-refractivity contribution is 5.88. The van der Waals surface area contributed by atoms with Crippen molar-refractivity contribution in [2.24, 2.45) is 0 Å². The molecule has 0 radical (unpaired) electrons. The van der Waals surface area contributed by atoms with Crippen molar-refractivity contribution in [3.8, 4) is 5.75 Å². The van der Waals surface area contributed by atoms with Gasteiger partial charge in [-0.05, 0) is 38.3 Å². The van der Waals surface area contributed by atoms with E-state index in [1.807, 2.05) is 68.4 Å². The molecule has 1 amide bonds. The number of nitrogens with one attached hydrogen (secondary N) is 1. The minimum absolute atomic E-state index is 0.00681. The van der Waals surface area contributed by atoms with Gasteiger partial charge in [-0.1, -0.05) is 48.5 Å². The van der Waals surface area contributed by atoms with Crippen LogP contribution in [0.5, 0.6) is 5.75 Å². The van der Waals surface area contributed by atoms with Crippen molar-refractivity contribution < 1.29 is 19.4 Å². The highest BCUT2D eigenvalue weighted by Crippen LogP contribution is 2.31. The lowest BCUT2D eigenvalue weighted by Crippen LogP contribution is -2.46. The lowest BCUT2D eigenvalue weighted by atomic mass is 9.82. The summed E-state index contributed by atoms with van der Waals surface area (Å²) in [6.07, 6.45) is 0.965. The maximum Gasteiger partial charge on any atom is 0.303 e. The molecule has 0 heterocycles. The van der Waals surface area contributed by atoms with Crippen molar-refractivity contribution in [3.05, 3.63) is 65.7 Å². The molecule has 2 rings (SSSR count). The van der Waals surface area contributed by atoms with Crippen LogP contribution in [0.25, 0.3) is 0 Å². The third-order valence-corrected chi connectivity index (χ3v) is 4.71. The summed E-state index contributed by atoms with van der Waals surface area (Å²) in [7, 11) is 1.58. The van der Waals surface area contributed by atoms with E-state index in [1.54, 1.807) is 7.11 Å². The van der Waals surface area contributed by atoms with Crippen LogP contribution in [0.2, 0.25) is 0 Å². The Labute approximate surface area is 160 Å². The molecule has 5 heteroatoms. The minimum atomic E-state index is -0.869. The van der Waals surface area contributed by atoms with Gasteiger partial charge in [0.05, 0.1) is 12.5 Å². The number of methoxy groups -OCH3 is 1. The Morgan fingerprint density at radius 2 is 1.70 bits per heavy atom. The Bertz CT molecular complexity index is 771. The average molecular weight is 369 g/mol. The maximum absolute atomic E-state index is 13.1. The Morgan fingerprint density at radius 1 is 1.07 bits per heavy atom. The summed E-state index contributed by atoms with van der Waals surface area (Å²) in [4.78, 5) is 24.1. The van der Waals surface area contributed by atoms with Crippen molar-refractivity contribution in [3.63, 3.8) is 0 Å². The number of ether oxygens (including phenoxy) is 1. The van der Waals surface area contributed by atoms with Gasteiger partial charge in [0.15, 0.2) is 0 Å². The van der Waals surface area contributed by atoms with Crippen molar-refractivity contribution >= 4 is 11.9 Å². The Balaban J connectivity index is 2.18. The van der Waals surface area contributed by atoms with Gasteiger partial charge in [-0.15, -0.1) is 0 Å². The topological polar surface area (TPSA) is 75.6 Å².